The van der Waals surface area contributed by atoms with E-state index < -0.39 is 34.9 Å². The number of benzene rings is 2. The molecule has 33 heavy (non-hydrogen) atoms. The third kappa shape index (κ3) is 4.30. The van der Waals surface area contributed by atoms with E-state index in [0.717, 1.165) is 29.7 Å². The fourth-order valence-corrected chi connectivity index (χ4v) is 4.49. The van der Waals surface area contributed by atoms with Crippen LogP contribution in [0.3, 0.4) is 0 Å². The number of amides is 4. The highest BCUT2D eigenvalue weighted by atomic mass is 16.6. The fourth-order valence-electron chi connectivity index (χ4n) is 4.49. The number of hydrogen-bond acceptors (Lipinski definition) is 5. The summed E-state index contributed by atoms with van der Waals surface area (Å²) in [5.74, 6) is -1.03. The summed E-state index contributed by atoms with van der Waals surface area (Å²) in [5, 5.41) is 16.4. The van der Waals surface area contributed by atoms with Crippen molar-refractivity contribution in [1.29, 1.82) is 0 Å². The van der Waals surface area contributed by atoms with E-state index in [1.165, 1.54) is 48.7 Å². The summed E-state index contributed by atoms with van der Waals surface area (Å²) in [7, 11) is 0. The summed E-state index contributed by atoms with van der Waals surface area (Å²) in [5.41, 5.74) is 2.53. The SMILES string of the molecule is CC(NC(=O)CN1C(=O)NC(C)(c2ccc([N+](=O)[O-])cc2)C1=O)c1ccc2c(c1)CCCC2. The van der Waals surface area contributed by atoms with Gasteiger partial charge in [0.1, 0.15) is 12.1 Å². The number of nitro groups is 1. The van der Waals surface area contributed by atoms with Crippen LogP contribution < -0.4 is 10.6 Å². The van der Waals surface area contributed by atoms with Crippen LogP contribution in [0.15, 0.2) is 42.5 Å². The maximum absolute atomic E-state index is 13.0. The van der Waals surface area contributed by atoms with Gasteiger partial charge in [0.25, 0.3) is 11.6 Å². The Hall–Kier alpha value is -3.75. The Labute approximate surface area is 191 Å². The van der Waals surface area contributed by atoms with Crippen LogP contribution in [-0.4, -0.2) is 34.2 Å². The number of urea groups is 1. The van der Waals surface area contributed by atoms with Gasteiger partial charge in [0.15, 0.2) is 0 Å². The van der Waals surface area contributed by atoms with E-state index in [1.54, 1.807) is 0 Å². The van der Waals surface area contributed by atoms with Gasteiger partial charge in [0.2, 0.25) is 5.91 Å². The molecule has 4 amide bonds. The number of carbonyl (C=O) groups is 3. The van der Waals surface area contributed by atoms with Crippen molar-refractivity contribution in [2.45, 2.75) is 51.1 Å². The van der Waals surface area contributed by atoms with Crippen LogP contribution in [0.1, 0.15) is 55.0 Å². The molecular formula is C24H26N4O5. The molecule has 172 valence electrons. The second-order valence-corrected chi connectivity index (χ2v) is 8.77. The molecule has 0 radical (unpaired) electrons. The molecule has 0 bridgehead atoms. The number of nitro benzene ring substituents is 1. The molecule has 0 spiro atoms. The Morgan fingerprint density at radius 2 is 1.82 bits per heavy atom. The molecule has 4 rings (SSSR count). The predicted octanol–water partition coefficient (Wildman–Crippen LogP) is 3.12. The number of non-ortho nitro benzene ring substituents is 1. The van der Waals surface area contributed by atoms with Gasteiger partial charge in [-0.2, -0.15) is 0 Å². The minimum absolute atomic E-state index is 0.119. The molecule has 1 saturated heterocycles. The standard InChI is InChI=1S/C24H26N4O5/c1-15(17-8-7-16-5-3-4-6-18(16)13-17)25-21(29)14-27-22(30)24(2,26-23(27)31)19-9-11-20(12-10-19)28(32)33/h7-13,15H,3-6,14H2,1-2H3,(H,25,29)(H,26,31). The molecule has 2 atom stereocenters. The van der Waals surface area contributed by atoms with Gasteiger partial charge in [-0.3, -0.25) is 24.6 Å². The van der Waals surface area contributed by atoms with Crippen molar-refractivity contribution >= 4 is 23.5 Å². The van der Waals surface area contributed by atoms with E-state index in [0.29, 0.717) is 5.56 Å². The number of nitrogens with zero attached hydrogens (tertiary/aromatic N) is 2. The van der Waals surface area contributed by atoms with Gasteiger partial charge < -0.3 is 10.6 Å². The zero-order valence-corrected chi connectivity index (χ0v) is 18.6. The monoisotopic (exact) mass is 450 g/mol. The Kier molecular flexibility index (Phi) is 5.88. The topological polar surface area (TPSA) is 122 Å². The molecule has 1 aliphatic carbocycles. The molecule has 2 aromatic rings. The van der Waals surface area contributed by atoms with E-state index in [1.807, 2.05) is 13.0 Å². The largest absolute Gasteiger partial charge is 0.348 e. The molecule has 2 aromatic carbocycles. The highest BCUT2D eigenvalue weighted by molar-refractivity contribution is 6.09. The van der Waals surface area contributed by atoms with Crippen molar-refractivity contribution in [3.8, 4) is 0 Å². The van der Waals surface area contributed by atoms with Gasteiger partial charge in [-0.25, -0.2) is 4.79 Å². The number of aryl methyl sites for hydroxylation is 2. The first-order chi connectivity index (χ1) is 15.7. The van der Waals surface area contributed by atoms with Crippen LogP contribution >= 0.6 is 0 Å². The number of fused-ring (bicyclic) bond motifs is 1. The number of carbonyl (C=O) groups excluding carboxylic acids is 3. The van der Waals surface area contributed by atoms with Gasteiger partial charge in [0, 0.05) is 12.1 Å². The molecule has 2 N–H and O–H groups in total. The maximum atomic E-state index is 13.0. The first-order valence-corrected chi connectivity index (χ1v) is 11.0. The third-order valence-corrected chi connectivity index (χ3v) is 6.48. The first kappa shape index (κ1) is 22.4. The Balaban J connectivity index is 1.43. The highest BCUT2D eigenvalue weighted by Gasteiger charge is 2.49. The summed E-state index contributed by atoms with van der Waals surface area (Å²) < 4.78 is 0. The third-order valence-electron chi connectivity index (χ3n) is 6.48. The Bertz CT molecular complexity index is 1130. The molecule has 0 aromatic heterocycles. The summed E-state index contributed by atoms with van der Waals surface area (Å²) in [6, 6.07) is 10.7. The molecule has 1 heterocycles. The van der Waals surface area contributed by atoms with E-state index in [9.17, 15) is 24.5 Å². The zero-order valence-electron chi connectivity index (χ0n) is 18.6. The normalized spacial score (nSPS) is 20.7. The first-order valence-electron chi connectivity index (χ1n) is 11.0. The van der Waals surface area contributed by atoms with Crippen molar-refractivity contribution in [2.75, 3.05) is 6.54 Å². The molecular weight excluding hydrogens is 424 g/mol. The van der Waals surface area contributed by atoms with Gasteiger partial charge >= 0.3 is 6.03 Å². The molecule has 2 aliphatic rings. The lowest BCUT2D eigenvalue weighted by Gasteiger charge is -2.23. The fraction of sp³-hybridized carbons (Fsp3) is 0.375. The number of nitrogens with one attached hydrogen (secondary N) is 2. The summed E-state index contributed by atoms with van der Waals surface area (Å²) in [6.45, 7) is 2.97. The van der Waals surface area contributed by atoms with Crippen LogP contribution in [0, 0.1) is 10.1 Å². The average molecular weight is 450 g/mol. The lowest BCUT2D eigenvalue weighted by molar-refractivity contribution is -0.384. The summed E-state index contributed by atoms with van der Waals surface area (Å²) in [6.07, 6.45) is 4.48. The average Bonchev–Trinajstić information content (AvgIpc) is 3.02. The zero-order chi connectivity index (χ0) is 23.8. The Morgan fingerprint density at radius 1 is 1.15 bits per heavy atom. The van der Waals surface area contributed by atoms with Crippen molar-refractivity contribution in [2.24, 2.45) is 0 Å². The predicted molar refractivity (Wildman–Crippen MR) is 120 cm³/mol. The van der Waals surface area contributed by atoms with Crippen LogP contribution in [0.4, 0.5) is 10.5 Å². The number of hydrogen-bond donors (Lipinski definition) is 2. The summed E-state index contributed by atoms with van der Waals surface area (Å²) >= 11 is 0. The van der Waals surface area contributed by atoms with Gasteiger partial charge in [0.05, 0.1) is 11.0 Å². The van der Waals surface area contributed by atoms with E-state index in [4.69, 9.17) is 0 Å². The molecule has 9 heteroatoms. The molecule has 1 fully saturated rings. The van der Waals surface area contributed by atoms with Crippen molar-refractivity contribution in [1.82, 2.24) is 15.5 Å². The second-order valence-electron chi connectivity index (χ2n) is 8.77. The lowest BCUT2D eigenvalue weighted by atomic mass is 9.89. The van der Waals surface area contributed by atoms with Crippen LogP contribution in [-0.2, 0) is 28.0 Å². The quantitative estimate of drug-likeness (QED) is 0.398. The second kappa shape index (κ2) is 8.65. The van der Waals surface area contributed by atoms with Gasteiger partial charge in [-0.15, -0.1) is 0 Å². The van der Waals surface area contributed by atoms with Crippen molar-refractivity contribution < 1.29 is 19.3 Å². The smallest absolute Gasteiger partial charge is 0.325 e. The number of rotatable bonds is 6. The van der Waals surface area contributed by atoms with Crippen LogP contribution in [0.25, 0.3) is 0 Å². The van der Waals surface area contributed by atoms with Gasteiger partial charge in [-0.1, -0.05) is 18.2 Å². The molecule has 2 unspecified atom stereocenters. The maximum Gasteiger partial charge on any atom is 0.325 e. The molecule has 1 aliphatic heterocycles. The van der Waals surface area contributed by atoms with E-state index in [2.05, 4.69) is 22.8 Å². The minimum Gasteiger partial charge on any atom is -0.348 e. The van der Waals surface area contributed by atoms with Crippen LogP contribution in [0.2, 0.25) is 0 Å². The summed E-state index contributed by atoms with van der Waals surface area (Å²) in [4.78, 5) is 49.4. The molecule has 0 saturated carbocycles. The van der Waals surface area contributed by atoms with Gasteiger partial charge in [-0.05, 0) is 73.9 Å². The Morgan fingerprint density at radius 3 is 2.48 bits per heavy atom. The number of imide groups is 1. The lowest BCUT2D eigenvalue weighted by Crippen LogP contribution is -2.43. The van der Waals surface area contributed by atoms with Crippen molar-refractivity contribution in [3.63, 3.8) is 0 Å². The van der Waals surface area contributed by atoms with Crippen LogP contribution in [0.5, 0.6) is 0 Å². The minimum atomic E-state index is -1.41. The highest BCUT2D eigenvalue weighted by Crippen LogP contribution is 2.30. The van der Waals surface area contributed by atoms with E-state index >= 15 is 0 Å². The van der Waals surface area contributed by atoms with E-state index in [-0.39, 0.29) is 11.7 Å². The van der Waals surface area contributed by atoms with Crippen molar-refractivity contribution in [3.05, 3.63) is 74.8 Å². The molecule has 9 nitrogen and oxygen atoms in total.